The predicted octanol–water partition coefficient (Wildman–Crippen LogP) is 6.45. The van der Waals surface area contributed by atoms with Crippen molar-refractivity contribution in [1.82, 2.24) is 14.8 Å². The Balaban J connectivity index is 1.49. The van der Waals surface area contributed by atoms with Gasteiger partial charge < -0.3 is 20.1 Å². The van der Waals surface area contributed by atoms with Crippen LogP contribution in [0.2, 0.25) is 5.02 Å². The summed E-state index contributed by atoms with van der Waals surface area (Å²) >= 11 is 6.01. The molecule has 5 rings (SSSR count). The maximum absolute atomic E-state index is 13.8. The van der Waals surface area contributed by atoms with Gasteiger partial charge in [-0.3, -0.25) is 4.79 Å². The molecule has 2 heterocycles. The number of aryl methyl sites for hydroxylation is 1. The lowest BCUT2D eigenvalue weighted by molar-refractivity contribution is -0.113. The summed E-state index contributed by atoms with van der Waals surface area (Å²) in [7, 11) is 0. The van der Waals surface area contributed by atoms with E-state index in [9.17, 15) is 4.79 Å². The van der Waals surface area contributed by atoms with Gasteiger partial charge >= 0.3 is 0 Å². The number of aromatic nitrogens is 3. The predicted molar refractivity (Wildman–Crippen MR) is 152 cm³/mol. The largest absolute Gasteiger partial charge is 0.490 e. The number of carbonyl (C=O) groups excluding carboxylic acids is 1. The van der Waals surface area contributed by atoms with Crippen molar-refractivity contribution >= 4 is 29.1 Å². The average molecular weight is 544 g/mol. The Hall–Kier alpha value is -4.30. The maximum Gasteiger partial charge on any atom is 0.255 e. The first kappa shape index (κ1) is 26.3. The fraction of sp³-hybridized carbons (Fsp3) is 0.233. The van der Waals surface area contributed by atoms with Crippen LogP contribution in [0.15, 0.2) is 78.3 Å². The summed E-state index contributed by atoms with van der Waals surface area (Å²) in [5.74, 6) is 1.52. The first-order valence-electron chi connectivity index (χ1n) is 12.7. The zero-order valence-electron chi connectivity index (χ0n) is 22.3. The summed E-state index contributed by atoms with van der Waals surface area (Å²) < 4.78 is 13.8. The number of halogens is 1. The number of fused-ring (bicyclic) bond motifs is 1. The fourth-order valence-corrected chi connectivity index (χ4v) is 4.72. The van der Waals surface area contributed by atoms with Crippen LogP contribution in [0.1, 0.15) is 42.1 Å². The third kappa shape index (κ3) is 5.47. The number of allylic oxidation sites excluding steroid dienone is 1. The Morgan fingerprint density at radius 1 is 1.05 bits per heavy atom. The fourth-order valence-electron chi connectivity index (χ4n) is 4.59. The van der Waals surface area contributed by atoms with E-state index < -0.39 is 6.04 Å². The first-order chi connectivity index (χ1) is 18.9. The van der Waals surface area contributed by atoms with Gasteiger partial charge in [0.25, 0.3) is 5.91 Å². The van der Waals surface area contributed by atoms with Crippen molar-refractivity contribution in [2.75, 3.05) is 17.2 Å². The molecule has 0 saturated carbocycles. The Morgan fingerprint density at radius 2 is 1.85 bits per heavy atom. The van der Waals surface area contributed by atoms with Crippen molar-refractivity contribution in [3.8, 4) is 11.5 Å². The number of benzene rings is 3. The van der Waals surface area contributed by atoms with Crippen LogP contribution in [0.4, 0.5) is 11.6 Å². The van der Waals surface area contributed by atoms with E-state index in [0.29, 0.717) is 47.0 Å². The van der Waals surface area contributed by atoms with Crippen LogP contribution in [-0.2, 0) is 11.4 Å². The van der Waals surface area contributed by atoms with Crippen LogP contribution >= 0.6 is 11.6 Å². The van der Waals surface area contributed by atoms with Crippen LogP contribution < -0.4 is 20.1 Å². The Labute approximate surface area is 232 Å². The minimum atomic E-state index is -0.529. The number of rotatable bonds is 8. The highest BCUT2D eigenvalue weighted by Gasteiger charge is 2.34. The third-order valence-corrected chi connectivity index (χ3v) is 7.03. The minimum absolute atomic E-state index is 0.221. The number of nitrogens with zero attached hydrogens (tertiary/aromatic N) is 3. The highest BCUT2D eigenvalue weighted by atomic mass is 35.5. The standard InChI is InChI=1S/C30H30ClN5O3/c1-5-38-26-15-22(11-14-25(26)39-16-21-9-12-23(31)13-10-21)28-27(20(4)34-30-32-17-33-36(28)30)29(37)35-24-8-6-7-18(2)19(24)3/h6-15,17,28H,5,16H2,1-4H3,(H,35,37)(H,32,33,34). The number of amides is 1. The lowest BCUT2D eigenvalue weighted by atomic mass is 9.94. The van der Waals surface area contributed by atoms with Gasteiger partial charge in [-0.15, -0.1) is 0 Å². The number of ether oxygens (including phenoxy) is 2. The monoisotopic (exact) mass is 543 g/mol. The van der Waals surface area contributed by atoms with Gasteiger partial charge in [0.05, 0.1) is 12.2 Å². The van der Waals surface area contributed by atoms with Crippen LogP contribution in [0.25, 0.3) is 0 Å². The third-order valence-electron chi connectivity index (χ3n) is 6.78. The summed E-state index contributed by atoms with van der Waals surface area (Å²) in [6.07, 6.45) is 1.47. The van der Waals surface area contributed by atoms with Crippen molar-refractivity contribution in [3.63, 3.8) is 0 Å². The van der Waals surface area contributed by atoms with E-state index in [1.165, 1.54) is 6.33 Å². The number of hydrogen-bond acceptors (Lipinski definition) is 6. The van der Waals surface area contributed by atoms with Gasteiger partial charge in [0, 0.05) is 16.4 Å². The molecule has 0 saturated heterocycles. The van der Waals surface area contributed by atoms with Crippen molar-refractivity contribution in [2.24, 2.45) is 0 Å². The summed E-state index contributed by atoms with van der Waals surface area (Å²) in [6, 6.07) is 18.5. The molecule has 1 amide bonds. The average Bonchev–Trinajstić information content (AvgIpc) is 3.39. The molecule has 200 valence electrons. The molecule has 0 bridgehead atoms. The molecule has 2 N–H and O–H groups in total. The molecule has 0 aliphatic carbocycles. The zero-order chi connectivity index (χ0) is 27.5. The number of carbonyl (C=O) groups is 1. The van der Waals surface area contributed by atoms with Gasteiger partial charge in [-0.1, -0.05) is 41.9 Å². The van der Waals surface area contributed by atoms with E-state index >= 15 is 0 Å². The van der Waals surface area contributed by atoms with E-state index in [2.05, 4.69) is 20.7 Å². The molecule has 1 unspecified atom stereocenters. The molecular formula is C30H30ClN5O3. The second-order valence-electron chi connectivity index (χ2n) is 9.35. The van der Waals surface area contributed by atoms with Gasteiger partial charge in [-0.2, -0.15) is 10.1 Å². The van der Waals surface area contributed by atoms with Crippen LogP contribution in [0.3, 0.4) is 0 Å². The van der Waals surface area contributed by atoms with Gasteiger partial charge in [-0.25, -0.2) is 4.68 Å². The molecular weight excluding hydrogens is 514 g/mol. The summed E-state index contributed by atoms with van der Waals surface area (Å²) in [4.78, 5) is 18.1. The molecule has 1 aromatic heterocycles. The number of nitrogens with one attached hydrogen (secondary N) is 2. The highest BCUT2D eigenvalue weighted by Crippen LogP contribution is 2.39. The SMILES string of the molecule is CCOc1cc(C2C(C(=O)Nc3cccc(C)c3C)=C(C)Nc3ncnn32)ccc1OCc1ccc(Cl)cc1. The van der Waals surface area contributed by atoms with E-state index in [-0.39, 0.29) is 5.91 Å². The molecule has 8 nitrogen and oxygen atoms in total. The molecule has 3 aromatic carbocycles. The molecule has 39 heavy (non-hydrogen) atoms. The molecule has 9 heteroatoms. The Morgan fingerprint density at radius 3 is 2.62 bits per heavy atom. The van der Waals surface area contributed by atoms with Gasteiger partial charge in [-0.05, 0) is 80.3 Å². The Kier molecular flexibility index (Phi) is 7.56. The van der Waals surface area contributed by atoms with E-state index in [1.54, 1.807) is 4.68 Å². The smallest absolute Gasteiger partial charge is 0.255 e. The van der Waals surface area contributed by atoms with Gasteiger partial charge in [0.1, 0.15) is 19.0 Å². The van der Waals surface area contributed by atoms with Crippen molar-refractivity contribution in [1.29, 1.82) is 0 Å². The highest BCUT2D eigenvalue weighted by molar-refractivity contribution is 6.30. The molecule has 1 aliphatic rings. The molecule has 1 aliphatic heterocycles. The minimum Gasteiger partial charge on any atom is -0.490 e. The lowest BCUT2D eigenvalue weighted by Gasteiger charge is -2.29. The van der Waals surface area contributed by atoms with Crippen LogP contribution in [0, 0.1) is 13.8 Å². The van der Waals surface area contributed by atoms with Crippen LogP contribution in [-0.4, -0.2) is 27.3 Å². The summed E-state index contributed by atoms with van der Waals surface area (Å²) in [5.41, 5.74) is 5.93. The van der Waals surface area contributed by atoms with Crippen molar-refractivity contribution in [2.45, 2.75) is 40.3 Å². The second-order valence-corrected chi connectivity index (χ2v) is 9.79. The maximum atomic E-state index is 13.8. The van der Waals surface area contributed by atoms with Crippen molar-refractivity contribution in [3.05, 3.63) is 106 Å². The van der Waals surface area contributed by atoms with E-state index in [1.807, 2.05) is 88.4 Å². The first-order valence-corrected chi connectivity index (χ1v) is 13.1. The number of hydrogen-bond donors (Lipinski definition) is 2. The quantitative estimate of drug-likeness (QED) is 0.265. The van der Waals surface area contributed by atoms with Crippen LogP contribution in [0.5, 0.6) is 11.5 Å². The summed E-state index contributed by atoms with van der Waals surface area (Å²) in [5, 5.41) is 11.4. The molecule has 4 aromatic rings. The second kappa shape index (κ2) is 11.2. The van der Waals surface area contributed by atoms with E-state index in [4.69, 9.17) is 21.1 Å². The molecule has 1 atom stereocenters. The van der Waals surface area contributed by atoms with Gasteiger partial charge in [0.15, 0.2) is 11.5 Å². The summed E-state index contributed by atoms with van der Waals surface area (Å²) in [6.45, 7) is 8.62. The van der Waals surface area contributed by atoms with E-state index in [0.717, 1.165) is 27.9 Å². The lowest BCUT2D eigenvalue weighted by Crippen LogP contribution is -2.31. The van der Waals surface area contributed by atoms with Gasteiger partial charge in [0.2, 0.25) is 5.95 Å². The molecule has 0 spiro atoms. The molecule has 0 fully saturated rings. The topological polar surface area (TPSA) is 90.3 Å². The van der Waals surface area contributed by atoms with Crippen molar-refractivity contribution < 1.29 is 14.3 Å². The number of anilines is 2. The zero-order valence-corrected chi connectivity index (χ0v) is 23.0. The normalized spacial score (nSPS) is 14.4. The Bertz CT molecular complexity index is 1540. The molecule has 0 radical (unpaired) electrons.